The molecule has 27 heavy (non-hydrogen) atoms. The lowest BCUT2D eigenvalue weighted by Gasteiger charge is -2.20. The Bertz CT molecular complexity index is 868. The van der Waals surface area contributed by atoms with Crippen LogP contribution in [0.1, 0.15) is 38.1 Å². The molecule has 0 unspecified atom stereocenters. The van der Waals surface area contributed by atoms with Crippen molar-refractivity contribution in [3.63, 3.8) is 0 Å². The first kappa shape index (κ1) is 18.0. The van der Waals surface area contributed by atoms with Gasteiger partial charge in [-0.1, -0.05) is 12.8 Å². The molecule has 1 aliphatic carbocycles. The van der Waals surface area contributed by atoms with Gasteiger partial charge < -0.3 is 15.0 Å². The van der Waals surface area contributed by atoms with Crippen LogP contribution in [-0.4, -0.2) is 57.9 Å². The van der Waals surface area contributed by atoms with Gasteiger partial charge in [0.15, 0.2) is 5.65 Å². The predicted octanol–water partition coefficient (Wildman–Crippen LogP) is 1.74. The van der Waals surface area contributed by atoms with Crippen LogP contribution in [-0.2, 0) is 11.3 Å². The van der Waals surface area contributed by atoms with Gasteiger partial charge in [0.05, 0.1) is 24.7 Å². The lowest BCUT2D eigenvalue weighted by Crippen LogP contribution is -2.43. The van der Waals surface area contributed by atoms with E-state index in [1.807, 2.05) is 17.0 Å². The van der Waals surface area contributed by atoms with Gasteiger partial charge in [0.25, 0.3) is 0 Å². The van der Waals surface area contributed by atoms with Crippen molar-refractivity contribution in [2.24, 2.45) is 0 Å². The number of ether oxygens (including phenoxy) is 1. The highest BCUT2D eigenvalue weighted by Crippen LogP contribution is 2.25. The smallest absolute Gasteiger partial charge is 0.330 e. The molecule has 3 heterocycles. The summed E-state index contributed by atoms with van der Waals surface area (Å²) in [4.78, 5) is 31.9. The van der Waals surface area contributed by atoms with Gasteiger partial charge in [0.1, 0.15) is 0 Å². The maximum absolute atomic E-state index is 13.0. The fourth-order valence-corrected chi connectivity index (χ4v) is 4.31. The summed E-state index contributed by atoms with van der Waals surface area (Å²) < 4.78 is 8.62. The van der Waals surface area contributed by atoms with Gasteiger partial charge in [0.2, 0.25) is 0 Å². The first-order valence-electron chi connectivity index (χ1n) is 9.79. The van der Waals surface area contributed by atoms with Crippen molar-refractivity contribution in [3.8, 4) is 0 Å². The molecule has 0 radical (unpaired) electrons. The Balaban J connectivity index is 1.55. The monoisotopic (exact) mass is 373 g/mol. The van der Waals surface area contributed by atoms with Crippen LogP contribution in [0, 0.1) is 0 Å². The maximum Gasteiger partial charge on any atom is 0.330 e. The number of rotatable bonds is 5. The number of pyridine rings is 1. The molecule has 1 N–H and O–H groups in total. The lowest BCUT2D eigenvalue weighted by molar-refractivity contribution is 0.187. The van der Waals surface area contributed by atoms with Crippen LogP contribution in [0.4, 0.5) is 4.79 Å². The first-order valence-corrected chi connectivity index (χ1v) is 9.79. The van der Waals surface area contributed by atoms with E-state index in [1.165, 1.54) is 12.8 Å². The highest BCUT2D eigenvalue weighted by atomic mass is 16.5. The standard InChI is InChI=1S/C19H27N5O3/c1-27-12-11-23-16-7-4-9-20-17(16)24(19(23)26)15-8-10-22(13-15)18(25)21-14-5-2-3-6-14/h4,7,9,14-15H,2-3,5-6,8,10-13H2,1H3,(H,21,25)/t15-/m1/s1. The third-order valence-electron chi connectivity index (χ3n) is 5.74. The van der Waals surface area contributed by atoms with Crippen molar-refractivity contribution in [3.05, 3.63) is 28.8 Å². The summed E-state index contributed by atoms with van der Waals surface area (Å²) in [6.45, 7) is 2.16. The first-order chi connectivity index (χ1) is 13.2. The molecule has 4 rings (SSSR count). The van der Waals surface area contributed by atoms with E-state index in [9.17, 15) is 9.59 Å². The Morgan fingerprint density at radius 2 is 2.15 bits per heavy atom. The second-order valence-electron chi connectivity index (χ2n) is 7.46. The fraction of sp³-hybridized carbons (Fsp3) is 0.632. The minimum Gasteiger partial charge on any atom is -0.383 e. The van der Waals surface area contributed by atoms with Crippen LogP contribution >= 0.6 is 0 Å². The predicted molar refractivity (Wildman–Crippen MR) is 102 cm³/mol. The molecule has 1 saturated carbocycles. The summed E-state index contributed by atoms with van der Waals surface area (Å²) in [5.74, 6) is 0. The molecule has 2 aliphatic rings. The number of urea groups is 1. The number of likely N-dealkylation sites (tertiary alicyclic amines) is 1. The second-order valence-corrected chi connectivity index (χ2v) is 7.46. The van der Waals surface area contributed by atoms with Crippen LogP contribution < -0.4 is 11.0 Å². The van der Waals surface area contributed by atoms with Crippen molar-refractivity contribution in [2.45, 2.75) is 50.7 Å². The van der Waals surface area contributed by atoms with Gasteiger partial charge in [-0.25, -0.2) is 14.6 Å². The highest BCUT2D eigenvalue weighted by Gasteiger charge is 2.32. The minimum absolute atomic E-state index is 0.00599. The molecule has 1 aliphatic heterocycles. The molecule has 2 amide bonds. The van der Waals surface area contributed by atoms with E-state index in [-0.39, 0.29) is 17.8 Å². The average Bonchev–Trinajstić information content (AvgIpc) is 3.39. The van der Waals surface area contributed by atoms with Gasteiger partial charge >= 0.3 is 11.7 Å². The third kappa shape index (κ3) is 3.45. The number of amides is 2. The third-order valence-corrected chi connectivity index (χ3v) is 5.74. The van der Waals surface area contributed by atoms with Crippen molar-refractivity contribution in [2.75, 3.05) is 26.8 Å². The van der Waals surface area contributed by atoms with Gasteiger partial charge in [0, 0.05) is 32.4 Å². The number of fused-ring (bicyclic) bond motifs is 1. The van der Waals surface area contributed by atoms with E-state index >= 15 is 0 Å². The molecule has 0 bridgehead atoms. The van der Waals surface area contributed by atoms with Crippen LogP contribution in [0.25, 0.3) is 11.2 Å². The number of nitrogens with zero attached hydrogens (tertiary/aromatic N) is 4. The van der Waals surface area contributed by atoms with Gasteiger partial charge in [-0.05, 0) is 31.4 Å². The Morgan fingerprint density at radius 1 is 1.33 bits per heavy atom. The summed E-state index contributed by atoms with van der Waals surface area (Å²) in [6, 6.07) is 4.00. The normalized spacial score (nSPS) is 20.6. The summed E-state index contributed by atoms with van der Waals surface area (Å²) in [5, 5.41) is 3.14. The summed E-state index contributed by atoms with van der Waals surface area (Å²) in [7, 11) is 1.63. The molecule has 0 spiro atoms. The summed E-state index contributed by atoms with van der Waals surface area (Å²) >= 11 is 0. The number of carbonyl (C=O) groups excluding carboxylic acids is 1. The Labute approximate surface area is 158 Å². The number of nitrogens with one attached hydrogen (secondary N) is 1. The molecule has 2 aromatic heterocycles. The van der Waals surface area contributed by atoms with E-state index in [1.54, 1.807) is 22.4 Å². The van der Waals surface area contributed by atoms with Crippen LogP contribution in [0.2, 0.25) is 0 Å². The zero-order chi connectivity index (χ0) is 18.8. The SMILES string of the molecule is COCCn1c(=O)n([C@@H]2CCN(C(=O)NC3CCCC3)C2)c2ncccc21. The molecule has 8 heteroatoms. The quantitative estimate of drug-likeness (QED) is 0.866. The highest BCUT2D eigenvalue weighted by molar-refractivity contribution is 5.75. The Kier molecular flexibility index (Phi) is 5.15. The topological polar surface area (TPSA) is 81.4 Å². The number of carbonyl (C=O) groups is 1. The number of hydrogen-bond acceptors (Lipinski definition) is 4. The average molecular weight is 373 g/mol. The number of hydrogen-bond donors (Lipinski definition) is 1. The van der Waals surface area contributed by atoms with Crippen LogP contribution in [0.3, 0.4) is 0 Å². The maximum atomic E-state index is 13.0. The van der Waals surface area contributed by atoms with Gasteiger partial charge in [-0.3, -0.25) is 9.13 Å². The lowest BCUT2D eigenvalue weighted by atomic mass is 10.2. The van der Waals surface area contributed by atoms with E-state index < -0.39 is 0 Å². The van der Waals surface area contributed by atoms with Gasteiger partial charge in [-0.2, -0.15) is 0 Å². The molecule has 1 saturated heterocycles. The van der Waals surface area contributed by atoms with Crippen molar-refractivity contribution in [1.82, 2.24) is 24.3 Å². The zero-order valence-corrected chi connectivity index (χ0v) is 15.8. The molecule has 1 atom stereocenters. The van der Waals surface area contributed by atoms with Crippen molar-refractivity contribution < 1.29 is 9.53 Å². The summed E-state index contributed by atoms with van der Waals surface area (Å²) in [6.07, 6.45) is 6.99. The molecule has 2 fully saturated rings. The molecule has 8 nitrogen and oxygen atoms in total. The zero-order valence-electron chi connectivity index (χ0n) is 15.8. The fourth-order valence-electron chi connectivity index (χ4n) is 4.31. The number of methoxy groups -OCH3 is 1. The van der Waals surface area contributed by atoms with Crippen molar-refractivity contribution >= 4 is 17.2 Å². The van der Waals surface area contributed by atoms with Crippen LogP contribution in [0.5, 0.6) is 0 Å². The second kappa shape index (κ2) is 7.72. The number of imidazole rings is 1. The van der Waals surface area contributed by atoms with Crippen LogP contribution in [0.15, 0.2) is 23.1 Å². The van der Waals surface area contributed by atoms with E-state index in [0.29, 0.717) is 37.9 Å². The molecule has 146 valence electrons. The molecule has 0 aromatic carbocycles. The number of aromatic nitrogens is 3. The van der Waals surface area contributed by atoms with E-state index in [2.05, 4.69) is 10.3 Å². The Hall–Kier alpha value is -2.35. The van der Waals surface area contributed by atoms with Gasteiger partial charge in [-0.15, -0.1) is 0 Å². The van der Waals surface area contributed by atoms with E-state index in [4.69, 9.17) is 4.74 Å². The Morgan fingerprint density at radius 3 is 2.93 bits per heavy atom. The largest absolute Gasteiger partial charge is 0.383 e. The van der Waals surface area contributed by atoms with E-state index in [0.717, 1.165) is 24.8 Å². The van der Waals surface area contributed by atoms with Crippen molar-refractivity contribution in [1.29, 1.82) is 0 Å². The molecule has 2 aromatic rings. The molecular weight excluding hydrogens is 346 g/mol. The molecular formula is C19H27N5O3. The minimum atomic E-state index is -0.0798. The summed E-state index contributed by atoms with van der Waals surface area (Å²) in [5.41, 5.74) is 1.42.